The number of rotatable bonds is 4. The quantitative estimate of drug-likeness (QED) is 0.639. The van der Waals surface area contributed by atoms with Crippen molar-refractivity contribution in [1.29, 1.82) is 0 Å². The first-order valence-electron chi connectivity index (χ1n) is 6.19. The maximum absolute atomic E-state index is 12.0. The van der Waals surface area contributed by atoms with E-state index in [4.69, 9.17) is 14.2 Å². The Morgan fingerprint density at radius 3 is 2.10 bits per heavy atom. The Kier molecular flexibility index (Phi) is 4.56. The van der Waals surface area contributed by atoms with Gasteiger partial charge in [0.15, 0.2) is 0 Å². The van der Waals surface area contributed by atoms with Crippen LogP contribution in [0.2, 0.25) is 0 Å². The number of hydrogen-bond donors (Lipinski definition) is 0. The van der Waals surface area contributed by atoms with Gasteiger partial charge in [0.05, 0.1) is 19.8 Å². The third kappa shape index (κ3) is 3.39. The molecule has 0 spiro atoms. The molecule has 108 valence electrons. The minimum Gasteiger partial charge on any atom is -0.497 e. The number of hydrogen-bond acceptors (Lipinski definition) is 5. The van der Waals surface area contributed by atoms with E-state index >= 15 is 0 Å². The lowest BCUT2D eigenvalue weighted by molar-refractivity contribution is 0.0396. The molecule has 0 radical (unpaired) electrons. The SMILES string of the molecule is COc1ccc(C(=O)OC(=O)c2ccccc2OC)cc1. The van der Waals surface area contributed by atoms with E-state index in [1.165, 1.54) is 32.4 Å². The maximum Gasteiger partial charge on any atom is 0.349 e. The second kappa shape index (κ2) is 6.56. The zero-order valence-corrected chi connectivity index (χ0v) is 11.7. The van der Waals surface area contributed by atoms with Crippen LogP contribution in [0.15, 0.2) is 48.5 Å². The van der Waals surface area contributed by atoms with Crippen molar-refractivity contribution in [2.24, 2.45) is 0 Å². The van der Waals surface area contributed by atoms with Gasteiger partial charge in [0.25, 0.3) is 0 Å². The number of carbonyl (C=O) groups is 2. The van der Waals surface area contributed by atoms with E-state index in [9.17, 15) is 9.59 Å². The summed E-state index contributed by atoms with van der Waals surface area (Å²) in [7, 11) is 2.97. The minimum absolute atomic E-state index is 0.196. The number of methoxy groups -OCH3 is 2. The van der Waals surface area contributed by atoms with Crippen LogP contribution in [-0.2, 0) is 4.74 Å². The molecule has 0 atom stereocenters. The molecule has 2 aromatic carbocycles. The van der Waals surface area contributed by atoms with E-state index in [1.54, 1.807) is 30.3 Å². The van der Waals surface area contributed by atoms with Crippen LogP contribution in [0.5, 0.6) is 11.5 Å². The molecule has 0 bridgehead atoms. The van der Waals surface area contributed by atoms with Gasteiger partial charge in [-0.2, -0.15) is 0 Å². The van der Waals surface area contributed by atoms with Crippen molar-refractivity contribution in [2.45, 2.75) is 0 Å². The summed E-state index contributed by atoms with van der Waals surface area (Å²) in [6.45, 7) is 0. The minimum atomic E-state index is -0.756. The van der Waals surface area contributed by atoms with Gasteiger partial charge >= 0.3 is 11.9 Å². The molecule has 2 rings (SSSR count). The van der Waals surface area contributed by atoms with Crippen LogP contribution in [-0.4, -0.2) is 26.2 Å². The van der Waals surface area contributed by atoms with Crippen molar-refractivity contribution in [1.82, 2.24) is 0 Å². The summed E-state index contributed by atoms with van der Waals surface area (Å²) in [5.74, 6) is -0.519. The molecule has 0 amide bonds. The summed E-state index contributed by atoms with van der Waals surface area (Å²) in [4.78, 5) is 23.9. The number of esters is 2. The van der Waals surface area contributed by atoms with E-state index in [-0.39, 0.29) is 11.1 Å². The molecule has 0 unspecified atom stereocenters. The smallest absolute Gasteiger partial charge is 0.349 e. The number of para-hydroxylation sites is 1. The van der Waals surface area contributed by atoms with Crippen molar-refractivity contribution in [3.63, 3.8) is 0 Å². The molecule has 5 nitrogen and oxygen atoms in total. The van der Waals surface area contributed by atoms with Crippen LogP contribution in [0, 0.1) is 0 Å². The predicted octanol–water partition coefficient (Wildman–Crippen LogP) is 2.70. The number of ether oxygens (including phenoxy) is 3. The van der Waals surface area contributed by atoms with E-state index in [2.05, 4.69) is 0 Å². The lowest BCUT2D eigenvalue weighted by atomic mass is 10.2. The van der Waals surface area contributed by atoms with Gasteiger partial charge in [0, 0.05) is 0 Å². The first-order valence-corrected chi connectivity index (χ1v) is 6.19. The Labute approximate surface area is 122 Å². The number of carbonyl (C=O) groups excluding carboxylic acids is 2. The molecule has 0 aromatic heterocycles. The predicted molar refractivity (Wildman–Crippen MR) is 75.7 cm³/mol. The lowest BCUT2D eigenvalue weighted by Gasteiger charge is -2.07. The van der Waals surface area contributed by atoms with Gasteiger partial charge in [-0.25, -0.2) is 9.59 Å². The lowest BCUT2D eigenvalue weighted by Crippen LogP contribution is -2.13. The van der Waals surface area contributed by atoms with Gasteiger partial charge in [-0.3, -0.25) is 0 Å². The van der Waals surface area contributed by atoms with Crippen LogP contribution >= 0.6 is 0 Å². The van der Waals surface area contributed by atoms with Crippen molar-refractivity contribution < 1.29 is 23.8 Å². The molecular weight excluding hydrogens is 272 g/mol. The van der Waals surface area contributed by atoms with Crippen molar-refractivity contribution >= 4 is 11.9 Å². The van der Waals surface area contributed by atoms with E-state index < -0.39 is 11.9 Å². The summed E-state index contributed by atoms with van der Waals surface area (Å²) in [5, 5.41) is 0. The van der Waals surface area contributed by atoms with Crippen molar-refractivity contribution in [3.05, 3.63) is 59.7 Å². The Balaban J connectivity index is 2.13. The van der Waals surface area contributed by atoms with Gasteiger partial charge in [-0.15, -0.1) is 0 Å². The largest absolute Gasteiger partial charge is 0.497 e. The molecule has 0 heterocycles. The third-order valence-corrected chi connectivity index (χ3v) is 2.84. The summed E-state index contributed by atoms with van der Waals surface area (Å²) in [6, 6.07) is 12.8. The summed E-state index contributed by atoms with van der Waals surface area (Å²) in [6.07, 6.45) is 0. The van der Waals surface area contributed by atoms with Crippen LogP contribution in [0.25, 0.3) is 0 Å². The van der Waals surface area contributed by atoms with Crippen molar-refractivity contribution in [3.8, 4) is 11.5 Å². The molecule has 0 saturated carbocycles. The topological polar surface area (TPSA) is 61.8 Å². The molecule has 0 aliphatic rings. The number of benzene rings is 2. The second-order valence-corrected chi connectivity index (χ2v) is 4.11. The molecule has 2 aromatic rings. The molecule has 0 fully saturated rings. The van der Waals surface area contributed by atoms with Crippen LogP contribution in [0.4, 0.5) is 0 Å². The monoisotopic (exact) mass is 286 g/mol. The second-order valence-electron chi connectivity index (χ2n) is 4.11. The molecule has 0 saturated heterocycles. The van der Waals surface area contributed by atoms with Gasteiger partial charge in [-0.05, 0) is 36.4 Å². The highest BCUT2D eigenvalue weighted by Crippen LogP contribution is 2.19. The molecule has 0 aliphatic heterocycles. The molecule has 5 heteroatoms. The molecule has 0 aliphatic carbocycles. The Morgan fingerprint density at radius 2 is 1.48 bits per heavy atom. The van der Waals surface area contributed by atoms with Gasteiger partial charge < -0.3 is 14.2 Å². The van der Waals surface area contributed by atoms with Crippen LogP contribution in [0.3, 0.4) is 0 Å². The average molecular weight is 286 g/mol. The fourth-order valence-electron chi connectivity index (χ4n) is 1.74. The fourth-order valence-corrected chi connectivity index (χ4v) is 1.74. The highest BCUT2D eigenvalue weighted by molar-refractivity contribution is 6.03. The Hall–Kier alpha value is -2.82. The molecular formula is C16H14O5. The van der Waals surface area contributed by atoms with Crippen LogP contribution in [0.1, 0.15) is 20.7 Å². The summed E-state index contributed by atoms with van der Waals surface area (Å²) < 4.78 is 14.9. The zero-order chi connectivity index (χ0) is 15.2. The standard InChI is InChI=1S/C16H14O5/c1-19-12-9-7-11(8-10-12)15(17)21-16(18)13-5-3-4-6-14(13)20-2/h3-10H,1-2H3. The normalized spacial score (nSPS) is 9.81. The van der Waals surface area contributed by atoms with E-state index in [0.29, 0.717) is 11.5 Å². The van der Waals surface area contributed by atoms with Gasteiger partial charge in [0.1, 0.15) is 17.1 Å². The van der Waals surface area contributed by atoms with E-state index in [0.717, 1.165) is 0 Å². The summed E-state index contributed by atoms with van der Waals surface area (Å²) >= 11 is 0. The van der Waals surface area contributed by atoms with Gasteiger partial charge in [-0.1, -0.05) is 12.1 Å². The Morgan fingerprint density at radius 1 is 0.810 bits per heavy atom. The highest BCUT2D eigenvalue weighted by atomic mass is 16.6. The fraction of sp³-hybridized carbons (Fsp3) is 0.125. The van der Waals surface area contributed by atoms with Gasteiger partial charge in [0.2, 0.25) is 0 Å². The highest BCUT2D eigenvalue weighted by Gasteiger charge is 2.18. The van der Waals surface area contributed by atoms with Crippen molar-refractivity contribution in [2.75, 3.05) is 14.2 Å². The van der Waals surface area contributed by atoms with E-state index in [1.807, 2.05) is 0 Å². The molecule has 0 N–H and O–H groups in total. The summed E-state index contributed by atoms with van der Waals surface area (Å²) in [5.41, 5.74) is 0.459. The first kappa shape index (κ1) is 14.6. The Bertz CT molecular complexity index is 646. The maximum atomic E-state index is 12.0. The third-order valence-electron chi connectivity index (χ3n) is 2.84. The average Bonchev–Trinajstić information content (AvgIpc) is 2.54. The first-order chi connectivity index (χ1) is 10.2. The molecule has 21 heavy (non-hydrogen) atoms. The zero-order valence-electron chi connectivity index (χ0n) is 11.7. The van der Waals surface area contributed by atoms with Crippen LogP contribution < -0.4 is 9.47 Å².